The number of hydrogen-bond acceptors (Lipinski definition) is 2. The Balaban J connectivity index is 3.10. The highest BCUT2D eigenvalue weighted by Crippen LogP contribution is 2.23. The summed E-state index contributed by atoms with van der Waals surface area (Å²) in [6.45, 7) is 0. The molecule has 0 aliphatic heterocycles. The van der Waals surface area contributed by atoms with Crippen LogP contribution in [0.3, 0.4) is 0 Å². The number of alkyl halides is 3. The Labute approximate surface area is 93.3 Å². The predicted octanol–water partition coefficient (Wildman–Crippen LogP) is 2.54. The fraction of sp³-hybridized carbons (Fsp3) is 0.333. The molecular weight excluding hydrogens is 272 g/mol. The van der Waals surface area contributed by atoms with Gasteiger partial charge in [0.1, 0.15) is 0 Å². The van der Waals surface area contributed by atoms with Gasteiger partial charge in [-0.2, -0.15) is 0 Å². The molecule has 15 heavy (non-hydrogen) atoms. The molecule has 1 N–H and O–H groups in total. The lowest BCUT2D eigenvalue weighted by atomic mass is 10.1. The summed E-state index contributed by atoms with van der Waals surface area (Å²) >= 11 is 3.12. The molecule has 1 aromatic heterocycles. The summed E-state index contributed by atoms with van der Waals surface area (Å²) < 4.78 is 24.9. The number of nitrogens with zero attached hydrogens (tertiary/aromatic N) is 1. The molecule has 0 amide bonds. The van der Waals surface area contributed by atoms with Gasteiger partial charge in [0.2, 0.25) is 0 Å². The van der Waals surface area contributed by atoms with E-state index in [0.29, 0.717) is 11.0 Å². The van der Waals surface area contributed by atoms with E-state index in [2.05, 4.69) is 20.9 Å². The smallest absolute Gasteiger partial charge is 0.307 e. The molecule has 3 nitrogen and oxygen atoms in total. The molecule has 0 spiro atoms. The molecule has 0 unspecified atom stereocenters. The Morgan fingerprint density at radius 3 is 2.73 bits per heavy atom. The van der Waals surface area contributed by atoms with Crippen molar-refractivity contribution in [2.24, 2.45) is 0 Å². The first-order valence-electron chi connectivity index (χ1n) is 4.08. The van der Waals surface area contributed by atoms with Gasteiger partial charge in [0.05, 0.1) is 12.1 Å². The number of carboxylic acids is 1. The van der Waals surface area contributed by atoms with Gasteiger partial charge in [0, 0.05) is 17.1 Å². The number of carboxylic acid groups (broad SMARTS) is 1. The van der Waals surface area contributed by atoms with Crippen LogP contribution in [-0.4, -0.2) is 16.1 Å². The average molecular weight is 280 g/mol. The van der Waals surface area contributed by atoms with Crippen molar-refractivity contribution in [3.05, 3.63) is 29.1 Å². The highest BCUT2D eigenvalue weighted by atomic mass is 79.9. The SMILES string of the molecule is O=C(O)Cc1cc(CBr)ncc1C(F)F. The van der Waals surface area contributed by atoms with Gasteiger partial charge in [-0.15, -0.1) is 0 Å². The van der Waals surface area contributed by atoms with E-state index in [1.165, 1.54) is 6.07 Å². The monoisotopic (exact) mass is 279 g/mol. The minimum absolute atomic E-state index is 0.113. The Bertz CT molecular complexity index is 371. The zero-order valence-corrected chi connectivity index (χ0v) is 9.17. The predicted molar refractivity (Wildman–Crippen MR) is 53.2 cm³/mol. The third-order valence-electron chi connectivity index (χ3n) is 1.79. The summed E-state index contributed by atoms with van der Waals surface area (Å²) in [5.74, 6) is -1.14. The van der Waals surface area contributed by atoms with Crippen molar-refractivity contribution < 1.29 is 18.7 Å². The van der Waals surface area contributed by atoms with Crippen LogP contribution in [0.5, 0.6) is 0 Å². The van der Waals surface area contributed by atoms with Gasteiger partial charge in [-0.25, -0.2) is 8.78 Å². The lowest BCUT2D eigenvalue weighted by Gasteiger charge is -2.07. The van der Waals surface area contributed by atoms with Crippen molar-refractivity contribution in [1.29, 1.82) is 0 Å². The number of hydrogen-bond donors (Lipinski definition) is 1. The van der Waals surface area contributed by atoms with Gasteiger partial charge in [-0.05, 0) is 11.6 Å². The van der Waals surface area contributed by atoms with Crippen LogP contribution >= 0.6 is 15.9 Å². The van der Waals surface area contributed by atoms with Crippen molar-refractivity contribution in [3.8, 4) is 0 Å². The maximum atomic E-state index is 12.5. The van der Waals surface area contributed by atoms with Crippen LogP contribution in [0.1, 0.15) is 23.2 Å². The van der Waals surface area contributed by atoms with E-state index in [9.17, 15) is 13.6 Å². The molecule has 6 heteroatoms. The van der Waals surface area contributed by atoms with Gasteiger partial charge in [0.25, 0.3) is 6.43 Å². The molecule has 0 saturated carbocycles. The number of rotatable bonds is 4. The molecule has 0 atom stereocenters. The molecule has 0 fully saturated rings. The average Bonchev–Trinajstić information content (AvgIpc) is 2.16. The van der Waals surface area contributed by atoms with Crippen LogP contribution in [0.4, 0.5) is 8.78 Å². The van der Waals surface area contributed by atoms with E-state index in [1.54, 1.807) is 0 Å². The summed E-state index contributed by atoms with van der Waals surface area (Å²) in [6, 6.07) is 1.38. The van der Waals surface area contributed by atoms with Gasteiger partial charge in [-0.3, -0.25) is 9.78 Å². The minimum atomic E-state index is -2.70. The van der Waals surface area contributed by atoms with Gasteiger partial charge < -0.3 is 5.11 Å². The maximum absolute atomic E-state index is 12.5. The van der Waals surface area contributed by atoms with E-state index < -0.39 is 18.8 Å². The lowest BCUT2D eigenvalue weighted by molar-refractivity contribution is -0.136. The Morgan fingerprint density at radius 1 is 1.60 bits per heavy atom. The zero-order chi connectivity index (χ0) is 11.4. The summed E-state index contributed by atoms with van der Waals surface area (Å²) in [5, 5.41) is 8.97. The highest BCUT2D eigenvalue weighted by molar-refractivity contribution is 9.08. The van der Waals surface area contributed by atoms with Crippen LogP contribution in [0.2, 0.25) is 0 Å². The normalized spacial score (nSPS) is 10.7. The van der Waals surface area contributed by atoms with Gasteiger partial charge >= 0.3 is 5.97 Å². The van der Waals surface area contributed by atoms with E-state index in [4.69, 9.17) is 5.11 Å². The third kappa shape index (κ3) is 3.23. The lowest BCUT2D eigenvalue weighted by Crippen LogP contribution is -2.05. The second-order valence-electron chi connectivity index (χ2n) is 2.88. The number of aliphatic carboxylic acids is 1. The first-order chi connectivity index (χ1) is 7.04. The Morgan fingerprint density at radius 2 is 2.27 bits per heavy atom. The zero-order valence-electron chi connectivity index (χ0n) is 7.58. The van der Waals surface area contributed by atoms with Crippen molar-refractivity contribution >= 4 is 21.9 Å². The number of carbonyl (C=O) groups is 1. The first kappa shape index (κ1) is 12.0. The molecule has 0 aliphatic rings. The van der Waals surface area contributed by atoms with Crippen LogP contribution in [0.25, 0.3) is 0 Å². The van der Waals surface area contributed by atoms with Crippen molar-refractivity contribution in [2.45, 2.75) is 18.2 Å². The quantitative estimate of drug-likeness (QED) is 0.862. The molecule has 0 radical (unpaired) electrons. The minimum Gasteiger partial charge on any atom is -0.481 e. The van der Waals surface area contributed by atoms with Crippen LogP contribution < -0.4 is 0 Å². The first-order valence-corrected chi connectivity index (χ1v) is 5.20. The summed E-state index contributed by atoms with van der Waals surface area (Å²) in [5.41, 5.74) is 0.333. The van der Waals surface area contributed by atoms with E-state index in [0.717, 1.165) is 6.20 Å². The molecule has 0 aromatic carbocycles. The fourth-order valence-corrected chi connectivity index (χ4v) is 1.45. The maximum Gasteiger partial charge on any atom is 0.307 e. The molecule has 1 aromatic rings. The second kappa shape index (κ2) is 5.16. The Hall–Kier alpha value is -1.04. The molecular formula is C9H8BrF2NO2. The molecule has 1 rings (SSSR count). The fourth-order valence-electron chi connectivity index (χ4n) is 1.14. The van der Waals surface area contributed by atoms with Gasteiger partial charge in [0.15, 0.2) is 0 Å². The van der Waals surface area contributed by atoms with Crippen molar-refractivity contribution in [1.82, 2.24) is 4.98 Å². The number of pyridine rings is 1. The second-order valence-corrected chi connectivity index (χ2v) is 3.44. The number of halogens is 3. The van der Waals surface area contributed by atoms with Crippen molar-refractivity contribution in [2.75, 3.05) is 0 Å². The third-order valence-corrected chi connectivity index (χ3v) is 2.37. The van der Waals surface area contributed by atoms with Gasteiger partial charge in [-0.1, -0.05) is 15.9 Å². The summed E-state index contributed by atoms with van der Waals surface area (Å²) in [7, 11) is 0. The standard InChI is InChI=1S/C9H8BrF2NO2/c10-3-6-1-5(2-8(14)15)7(4-13-6)9(11)12/h1,4,9H,2-3H2,(H,14,15). The molecule has 0 bridgehead atoms. The molecule has 0 aliphatic carbocycles. The Kier molecular flexibility index (Phi) is 4.14. The van der Waals surface area contributed by atoms with E-state index >= 15 is 0 Å². The number of aromatic nitrogens is 1. The topological polar surface area (TPSA) is 50.2 Å². The van der Waals surface area contributed by atoms with Crippen LogP contribution in [0.15, 0.2) is 12.3 Å². The highest BCUT2D eigenvalue weighted by Gasteiger charge is 2.16. The van der Waals surface area contributed by atoms with Crippen LogP contribution in [0, 0.1) is 0 Å². The van der Waals surface area contributed by atoms with E-state index in [1.807, 2.05) is 0 Å². The molecule has 82 valence electrons. The largest absolute Gasteiger partial charge is 0.481 e. The molecule has 1 heterocycles. The van der Waals surface area contributed by atoms with Crippen LogP contribution in [-0.2, 0) is 16.5 Å². The molecule has 0 saturated heterocycles. The summed E-state index contributed by atoms with van der Waals surface area (Å²) in [4.78, 5) is 14.2. The van der Waals surface area contributed by atoms with Crippen molar-refractivity contribution in [3.63, 3.8) is 0 Å². The van der Waals surface area contributed by atoms with E-state index in [-0.39, 0.29) is 11.1 Å². The summed E-state index contributed by atoms with van der Waals surface area (Å²) in [6.07, 6.45) is -2.09.